The Morgan fingerprint density at radius 2 is 2.31 bits per heavy atom. The van der Waals surface area contributed by atoms with E-state index in [1.165, 1.54) is 17.8 Å². The molecule has 0 aliphatic carbocycles. The Hall–Kier alpha value is -1.62. The molecule has 1 aliphatic rings. The van der Waals surface area contributed by atoms with Crippen molar-refractivity contribution in [3.8, 4) is 5.75 Å². The maximum absolute atomic E-state index is 12.1. The first kappa shape index (κ1) is 9.59. The molecule has 4 nitrogen and oxygen atoms in total. The number of nitrogens with one attached hydrogen (secondary N) is 1. The molecule has 1 aromatic heterocycles. The van der Waals surface area contributed by atoms with Crippen LogP contribution in [0.4, 0.5) is 5.69 Å². The van der Waals surface area contributed by atoms with Crippen molar-refractivity contribution in [2.75, 3.05) is 17.6 Å². The minimum atomic E-state index is -0.112. The summed E-state index contributed by atoms with van der Waals surface area (Å²) in [6.07, 6.45) is 0. The van der Waals surface area contributed by atoms with Gasteiger partial charge in [-0.1, -0.05) is 17.8 Å². The molecule has 16 heavy (non-hydrogen) atoms. The van der Waals surface area contributed by atoms with E-state index in [9.17, 15) is 9.90 Å². The molecule has 82 valence electrons. The lowest BCUT2D eigenvalue weighted by Crippen LogP contribution is -2.18. The van der Waals surface area contributed by atoms with E-state index in [4.69, 9.17) is 4.42 Å². The molecule has 0 amide bonds. The zero-order valence-corrected chi connectivity index (χ0v) is 9.13. The molecule has 0 unspecified atom stereocenters. The van der Waals surface area contributed by atoms with E-state index in [1.54, 1.807) is 12.1 Å². The van der Waals surface area contributed by atoms with E-state index in [2.05, 4.69) is 5.32 Å². The molecule has 0 fully saturated rings. The quantitative estimate of drug-likeness (QED) is 0.731. The van der Waals surface area contributed by atoms with Gasteiger partial charge in [0.1, 0.15) is 5.69 Å². The van der Waals surface area contributed by atoms with E-state index < -0.39 is 0 Å². The third-order valence-corrected chi connectivity index (χ3v) is 3.46. The fourth-order valence-electron chi connectivity index (χ4n) is 1.76. The first-order chi connectivity index (χ1) is 7.77. The maximum Gasteiger partial charge on any atom is 0.217 e. The Morgan fingerprint density at radius 3 is 3.19 bits per heavy atom. The van der Waals surface area contributed by atoms with Crippen LogP contribution in [-0.4, -0.2) is 17.4 Å². The summed E-state index contributed by atoms with van der Waals surface area (Å²) < 4.78 is 5.55. The molecular weight excluding hydrogens is 226 g/mol. The Morgan fingerprint density at radius 1 is 1.44 bits per heavy atom. The van der Waals surface area contributed by atoms with E-state index in [0.29, 0.717) is 16.2 Å². The normalized spacial score (nSPS) is 14.5. The number of hydrogen-bond donors (Lipinski definition) is 2. The molecule has 5 heteroatoms. The van der Waals surface area contributed by atoms with Gasteiger partial charge in [0, 0.05) is 12.3 Å². The average Bonchev–Trinajstić information content (AvgIpc) is 2.31. The molecule has 3 rings (SSSR count). The number of anilines is 1. The van der Waals surface area contributed by atoms with Gasteiger partial charge in [0.2, 0.25) is 5.43 Å². The van der Waals surface area contributed by atoms with Gasteiger partial charge in [0.25, 0.3) is 0 Å². The van der Waals surface area contributed by atoms with Crippen LogP contribution in [-0.2, 0) is 0 Å². The first-order valence-electron chi connectivity index (χ1n) is 4.93. The molecule has 1 aromatic carbocycles. The molecule has 0 spiro atoms. The van der Waals surface area contributed by atoms with Crippen LogP contribution >= 0.6 is 11.8 Å². The Bertz CT molecular complexity index is 620. The molecule has 0 saturated heterocycles. The van der Waals surface area contributed by atoms with Crippen molar-refractivity contribution in [2.24, 2.45) is 0 Å². The number of rotatable bonds is 0. The summed E-state index contributed by atoms with van der Waals surface area (Å²) in [6, 6.07) is 4.80. The first-order valence-corrected chi connectivity index (χ1v) is 5.91. The molecule has 2 N–H and O–H groups in total. The van der Waals surface area contributed by atoms with E-state index in [-0.39, 0.29) is 16.8 Å². The van der Waals surface area contributed by atoms with Gasteiger partial charge in [-0.2, -0.15) is 0 Å². The van der Waals surface area contributed by atoms with Gasteiger partial charge in [-0.15, -0.1) is 0 Å². The third-order valence-electron chi connectivity index (χ3n) is 2.50. The zero-order valence-electron chi connectivity index (χ0n) is 8.32. The second-order valence-corrected chi connectivity index (χ2v) is 4.59. The number of para-hydroxylation sites is 1. The number of benzene rings is 1. The van der Waals surface area contributed by atoms with Crippen molar-refractivity contribution in [1.82, 2.24) is 0 Å². The smallest absolute Gasteiger partial charge is 0.217 e. The molecule has 0 saturated carbocycles. The minimum absolute atomic E-state index is 0.00331. The van der Waals surface area contributed by atoms with Gasteiger partial charge in [-0.25, -0.2) is 0 Å². The van der Waals surface area contributed by atoms with Gasteiger partial charge in [-0.05, 0) is 12.1 Å². The van der Waals surface area contributed by atoms with Crippen molar-refractivity contribution in [1.29, 1.82) is 0 Å². The summed E-state index contributed by atoms with van der Waals surface area (Å²) in [5.74, 6) is 0.860. The van der Waals surface area contributed by atoms with Crippen molar-refractivity contribution in [2.45, 2.75) is 5.09 Å². The number of aromatic hydroxyl groups is 1. The second-order valence-electron chi connectivity index (χ2n) is 3.52. The average molecular weight is 235 g/mol. The monoisotopic (exact) mass is 235 g/mol. The highest BCUT2D eigenvalue weighted by Gasteiger charge is 2.19. The second kappa shape index (κ2) is 3.45. The van der Waals surface area contributed by atoms with Gasteiger partial charge in [0.05, 0.1) is 5.39 Å². The fourth-order valence-corrected chi connectivity index (χ4v) is 2.60. The van der Waals surface area contributed by atoms with Crippen LogP contribution in [0.1, 0.15) is 0 Å². The maximum atomic E-state index is 12.1. The number of fused-ring (bicyclic) bond motifs is 2. The van der Waals surface area contributed by atoms with Crippen LogP contribution in [0.2, 0.25) is 0 Å². The van der Waals surface area contributed by atoms with E-state index in [0.717, 1.165) is 12.3 Å². The number of hydrogen-bond acceptors (Lipinski definition) is 5. The largest absolute Gasteiger partial charge is 0.504 e. The van der Waals surface area contributed by atoms with Crippen molar-refractivity contribution in [3.05, 3.63) is 28.4 Å². The predicted octanol–water partition coefficient (Wildman–Crippen LogP) is 2.02. The van der Waals surface area contributed by atoms with Crippen LogP contribution in [0, 0.1) is 0 Å². The fraction of sp³-hybridized carbons (Fsp3) is 0.182. The SMILES string of the molecule is O=c1c2c(oc3c(O)cccc13)SCCN2. The summed E-state index contributed by atoms with van der Waals surface area (Å²) in [6.45, 7) is 0.757. The molecular formula is C11H9NO3S. The lowest BCUT2D eigenvalue weighted by molar-refractivity contribution is 0.441. The standard InChI is InChI=1S/C11H9NO3S/c13-7-3-1-2-6-9(14)8-11(15-10(6)7)16-5-4-12-8/h1-3,12-13H,4-5H2. The lowest BCUT2D eigenvalue weighted by atomic mass is 10.2. The molecule has 0 bridgehead atoms. The molecule has 1 aliphatic heterocycles. The highest BCUT2D eigenvalue weighted by atomic mass is 32.2. The molecule has 2 aromatic rings. The van der Waals surface area contributed by atoms with Gasteiger partial charge < -0.3 is 14.8 Å². The topological polar surface area (TPSA) is 62.5 Å². The summed E-state index contributed by atoms with van der Waals surface area (Å²) in [4.78, 5) is 12.1. The van der Waals surface area contributed by atoms with Gasteiger partial charge in [-0.3, -0.25) is 4.79 Å². The van der Waals surface area contributed by atoms with Crippen LogP contribution in [0.3, 0.4) is 0 Å². The Kier molecular flexibility index (Phi) is 2.07. The Balaban J connectivity index is 2.44. The number of phenols is 1. The number of thioether (sulfide) groups is 1. The van der Waals surface area contributed by atoms with Crippen LogP contribution < -0.4 is 10.7 Å². The molecule has 2 heterocycles. The van der Waals surface area contributed by atoms with Crippen molar-refractivity contribution < 1.29 is 9.52 Å². The Labute approximate surface area is 95.3 Å². The van der Waals surface area contributed by atoms with Gasteiger partial charge in [0.15, 0.2) is 16.4 Å². The highest BCUT2D eigenvalue weighted by molar-refractivity contribution is 7.99. The number of phenolic OH excluding ortho intramolecular Hbond substituents is 1. The van der Waals surface area contributed by atoms with Crippen LogP contribution in [0.15, 0.2) is 32.5 Å². The minimum Gasteiger partial charge on any atom is -0.504 e. The molecule has 0 radical (unpaired) electrons. The van der Waals surface area contributed by atoms with Crippen LogP contribution in [0.5, 0.6) is 5.75 Å². The molecule has 0 atom stereocenters. The third kappa shape index (κ3) is 1.28. The van der Waals surface area contributed by atoms with Crippen molar-refractivity contribution in [3.63, 3.8) is 0 Å². The van der Waals surface area contributed by atoms with E-state index in [1.807, 2.05) is 0 Å². The lowest BCUT2D eigenvalue weighted by Gasteiger charge is -2.15. The summed E-state index contributed by atoms with van der Waals surface area (Å²) in [7, 11) is 0. The van der Waals surface area contributed by atoms with Crippen LogP contribution in [0.25, 0.3) is 11.0 Å². The predicted molar refractivity (Wildman–Crippen MR) is 63.4 cm³/mol. The van der Waals surface area contributed by atoms with E-state index >= 15 is 0 Å². The highest BCUT2D eigenvalue weighted by Crippen LogP contribution is 2.33. The van der Waals surface area contributed by atoms with Crippen molar-refractivity contribution >= 4 is 28.4 Å². The summed E-state index contributed by atoms with van der Waals surface area (Å²) >= 11 is 1.49. The summed E-state index contributed by atoms with van der Waals surface area (Å²) in [5, 5.41) is 13.6. The zero-order chi connectivity index (χ0) is 11.1. The summed E-state index contributed by atoms with van der Waals surface area (Å²) in [5.41, 5.74) is 0.663. The van der Waals surface area contributed by atoms with Gasteiger partial charge >= 0.3 is 0 Å².